The molecule has 26 heavy (non-hydrogen) atoms. The maximum atomic E-state index is 11.7. The highest BCUT2D eigenvalue weighted by molar-refractivity contribution is 14.0. The summed E-state index contributed by atoms with van der Waals surface area (Å²) in [4.78, 5) is 17.8. The Bertz CT molecular complexity index is 546. The van der Waals surface area contributed by atoms with Gasteiger partial charge in [0.1, 0.15) is 0 Å². The van der Waals surface area contributed by atoms with Crippen molar-refractivity contribution in [2.45, 2.75) is 38.6 Å². The second-order valence-electron chi connectivity index (χ2n) is 6.19. The van der Waals surface area contributed by atoms with E-state index < -0.39 is 0 Å². The van der Waals surface area contributed by atoms with E-state index in [1.165, 1.54) is 5.56 Å². The van der Waals surface area contributed by atoms with Crippen molar-refractivity contribution >= 4 is 36.0 Å². The fourth-order valence-corrected chi connectivity index (χ4v) is 2.95. The Morgan fingerprint density at radius 1 is 1.27 bits per heavy atom. The number of nitrogens with one attached hydrogen (secondary N) is 2. The number of hydrogen-bond acceptors (Lipinski definition) is 3. The number of guanidine groups is 1. The van der Waals surface area contributed by atoms with Crippen molar-refractivity contribution in [2.75, 3.05) is 33.3 Å². The SMILES string of the molecule is CCOC(=O)N1CCC(NC(=NC)NCCCc2ccccc2)CC1.I. The number of piperidine rings is 1. The molecule has 1 saturated heterocycles. The zero-order valence-corrected chi connectivity index (χ0v) is 18.1. The third-order valence-corrected chi connectivity index (χ3v) is 4.36. The number of amides is 1. The molecule has 0 radical (unpaired) electrons. The van der Waals surface area contributed by atoms with Gasteiger partial charge in [-0.2, -0.15) is 0 Å². The molecule has 1 fully saturated rings. The van der Waals surface area contributed by atoms with Crippen LogP contribution in [0.15, 0.2) is 35.3 Å². The number of aryl methyl sites for hydroxylation is 1. The van der Waals surface area contributed by atoms with Gasteiger partial charge in [0.2, 0.25) is 0 Å². The molecule has 1 aliphatic rings. The van der Waals surface area contributed by atoms with Gasteiger partial charge in [-0.15, -0.1) is 24.0 Å². The molecule has 1 aromatic rings. The number of likely N-dealkylation sites (tertiary alicyclic amines) is 1. The molecular formula is C19H31IN4O2. The minimum Gasteiger partial charge on any atom is -0.450 e. The average Bonchev–Trinajstić information content (AvgIpc) is 2.65. The highest BCUT2D eigenvalue weighted by atomic mass is 127. The van der Waals surface area contributed by atoms with E-state index in [2.05, 4.69) is 39.9 Å². The fourth-order valence-electron chi connectivity index (χ4n) is 2.95. The number of hydrogen-bond donors (Lipinski definition) is 2. The van der Waals surface area contributed by atoms with Gasteiger partial charge in [-0.3, -0.25) is 4.99 Å². The normalized spacial score (nSPS) is 15.2. The second kappa shape index (κ2) is 12.8. The number of aliphatic imine (C=N–C) groups is 1. The molecule has 1 amide bonds. The number of benzene rings is 1. The molecule has 0 saturated carbocycles. The Morgan fingerprint density at radius 2 is 1.96 bits per heavy atom. The quantitative estimate of drug-likeness (QED) is 0.288. The molecule has 0 unspecified atom stereocenters. The summed E-state index contributed by atoms with van der Waals surface area (Å²) in [5.41, 5.74) is 1.36. The van der Waals surface area contributed by atoms with Gasteiger partial charge in [-0.25, -0.2) is 4.79 Å². The lowest BCUT2D eigenvalue weighted by molar-refractivity contribution is 0.0963. The smallest absolute Gasteiger partial charge is 0.409 e. The van der Waals surface area contributed by atoms with Crippen LogP contribution in [0.2, 0.25) is 0 Å². The number of carbonyl (C=O) groups excluding carboxylic acids is 1. The van der Waals surface area contributed by atoms with Crippen LogP contribution in [0, 0.1) is 0 Å². The van der Waals surface area contributed by atoms with E-state index >= 15 is 0 Å². The third kappa shape index (κ3) is 7.80. The topological polar surface area (TPSA) is 66.0 Å². The van der Waals surface area contributed by atoms with Crippen LogP contribution >= 0.6 is 24.0 Å². The predicted octanol–water partition coefficient (Wildman–Crippen LogP) is 3.02. The van der Waals surface area contributed by atoms with Gasteiger partial charge in [0.05, 0.1) is 6.61 Å². The van der Waals surface area contributed by atoms with Crippen LogP contribution in [0.3, 0.4) is 0 Å². The van der Waals surface area contributed by atoms with E-state index in [0.29, 0.717) is 12.6 Å². The maximum Gasteiger partial charge on any atom is 0.409 e. The van der Waals surface area contributed by atoms with Gasteiger partial charge in [-0.05, 0) is 38.2 Å². The number of nitrogens with zero attached hydrogens (tertiary/aromatic N) is 2. The van der Waals surface area contributed by atoms with Crippen molar-refractivity contribution in [3.8, 4) is 0 Å². The summed E-state index contributed by atoms with van der Waals surface area (Å²) in [5.74, 6) is 0.836. The fraction of sp³-hybridized carbons (Fsp3) is 0.579. The van der Waals surface area contributed by atoms with Crippen LogP contribution in [0.4, 0.5) is 4.79 Å². The van der Waals surface area contributed by atoms with E-state index in [9.17, 15) is 4.79 Å². The Hall–Kier alpha value is -1.51. The lowest BCUT2D eigenvalue weighted by Crippen LogP contribution is -2.50. The molecule has 0 aliphatic carbocycles. The summed E-state index contributed by atoms with van der Waals surface area (Å²) in [6.45, 7) is 4.59. The molecule has 1 heterocycles. The summed E-state index contributed by atoms with van der Waals surface area (Å²) in [6.07, 6.45) is 3.73. The average molecular weight is 474 g/mol. The highest BCUT2D eigenvalue weighted by Gasteiger charge is 2.23. The van der Waals surface area contributed by atoms with E-state index in [0.717, 1.165) is 51.3 Å². The van der Waals surface area contributed by atoms with Crippen LogP contribution in [0.25, 0.3) is 0 Å². The largest absolute Gasteiger partial charge is 0.450 e. The minimum absolute atomic E-state index is 0. The third-order valence-electron chi connectivity index (χ3n) is 4.36. The lowest BCUT2D eigenvalue weighted by Gasteiger charge is -2.32. The van der Waals surface area contributed by atoms with Crippen molar-refractivity contribution in [1.29, 1.82) is 0 Å². The summed E-state index contributed by atoms with van der Waals surface area (Å²) < 4.78 is 5.05. The van der Waals surface area contributed by atoms with Gasteiger partial charge in [-0.1, -0.05) is 30.3 Å². The molecule has 1 aromatic carbocycles. The Balaban J connectivity index is 0.00000338. The summed E-state index contributed by atoms with van der Waals surface area (Å²) >= 11 is 0. The van der Waals surface area contributed by atoms with Gasteiger partial charge < -0.3 is 20.3 Å². The first-order chi connectivity index (χ1) is 12.2. The number of rotatable bonds is 6. The van der Waals surface area contributed by atoms with E-state index in [1.54, 1.807) is 11.9 Å². The van der Waals surface area contributed by atoms with Crippen molar-refractivity contribution < 1.29 is 9.53 Å². The Kier molecular flexibility index (Phi) is 11.1. The first-order valence-corrected chi connectivity index (χ1v) is 9.15. The standard InChI is InChI=1S/C19H30N4O2.HI/c1-3-25-19(24)23-14-11-17(12-15-23)22-18(20-2)21-13-7-10-16-8-5-4-6-9-16;/h4-6,8-9,17H,3,7,10-15H2,1-2H3,(H2,20,21,22);1H. The molecule has 0 spiro atoms. The Labute approximate surface area is 173 Å². The van der Waals surface area contributed by atoms with Crippen molar-refractivity contribution in [2.24, 2.45) is 4.99 Å². The van der Waals surface area contributed by atoms with Gasteiger partial charge >= 0.3 is 6.09 Å². The van der Waals surface area contributed by atoms with E-state index in [1.807, 2.05) is 13.0 Å². The van der Waals surface area contributed by atoms with Crippen LogP contribution < -0.4 is 10.6 Å². The molecule has 7 heteroatoms. The van der Waals surface area contributed by atoms with E-state index in [-0.39, 0.29) is 30.1 Å². The van der Waals surface area contributed by atoms with Crippen LogP contribution in [0.5, 0.6) is 0 Å². The zero-order valence-electron chi connectivity index (χ0n) is 15.7. The first-order valence-electron chi connectivity index (χ1n) is 9.15. The number of halogens is 1. The molecule has 2 N–H and O–H groups in total. The van der Waals surface area contributed by atoms with Gasteiger partial charge in [0.15, 0.2) is 5.96 Å². The molecular weight excluding hydrogens is 443 g/mol. The minimum atomic E-state index is -0.204. The van der Waals surface area contributed by atoms with Crippen LogP contribution in [-0.4, -0.2) is 56.3 Å². The first kappa shape index (κ1) is 22.5. The number of ether oxygens (including phenoxy) is 1. The van der Waals surface area contributed by atoms with Crippen LogP contribution in [0.1, 0.15) is 31.7 Å². The molecule has 2 rings (SSSR count). The molecule has 0 bridgehead atoms. The van der Waals surface area contributed by atoms with Crippen molar-refractivity contribution in [1.82, 2.24) is 15.5 Å². The monoisotopic (exact) mass is 474 g/mol. The summed E-state index contributed by atoms with van der Waals surface area (Å²) in [7, 11) is 1.79. The molecule has 6 nitrogen and oxygen atoms in total. The molecule has 1 aliphatic heterocycles. The molecule has 146 valence electrons. The van der Waals surface area contributed by atoms with Crippen LogP contribution in [-0.2, 0) is 11.2 Å². The highest BCUT2D eigenvalue weighted by Crippen LogP contribution is 2.11. The van der Waals surface area contributed by atoms with Crippen molar-refractivity contribution in [3.63, 3.8) is 0 Å². The Morgan fingerprint density at radius 3 is 2.58 bits per heavy atom. The summed E-state index contributed by atoms with van der Waals surface area (Å²) in [6, 6.07) is 10.8. The van der Waals surface area contributed by atoms with Gasteiger partial charge in [0, 0.05) is 32.7 Å². The number of carbonyl (C=O) groups is 1. The van der Waals surface area contributed by atoms with E-state index in [4.69, 9.17) is 4.74 Å². The van der Waals surface area contributed by atoms with Gasteiger partial charge in [0.25, 0.3) is 0 Å². The second-order valence-corrected chi connectivity index (χ2v) is 6.19. The maximum absolute atomic E-state index is 11.7. The summed E-state index contributed by atoms with van der Waals surface area (Å²) in [5, 5.41) is 6.83. The zero-order chi connectivity index (χ0) is 17.9. The molecule has 0 aromatic heterocycles. The molecule has 0 atom stereocenters. The van der Waals surface area contributed by atoms with Crippen molar-refractivity contribution in [3.05, 3.63) is 35.9 Å². The predicted molar refractivity (Wildman–Crippen MR) is 116 cm³/mol. The lowest BCUT2D eigenvalue weighted by atomic mass is 10.1.